The van der Waals surface area contributed by atoms with Crippen molar-refractivity contribution in [1.82, 2.24) is 10.6 Å². The lowest BCUT2D eigenvalue weighted by atomic mass is 10.1. The van der Waals surface area contributed by atoms with Gasteiger partial charge in [-0.2, -0.15) is 0 Å². The van der Waals surface area contributed by atoms with Crippen molar-refractivity contribution in [3.8, 4) is 0 Å². The summed E-state index contributed by atoms with van der Waals surface area (Å²) in [4.78, 5) is 40.4. The highest BCUT2D eigenvalue weighted by atomic mass is 19.1. The van der Waals surface area contributed by atoms with E-state index in [-0.39, 0.29) is 23.2 Å². The maximum absolute atomic E-state index is 14.1. The van der Waals surface area contributed by atoms with Gasteiger partial charge in [0.25, 0.3) is 11.8 Å². The number of carbonyl (C=O) groups is 3. The summed E-state index contributed by atoms with van der Waals surface area (Å²) in [5.41, 5.74) is 0.165. The van der Waals surface area contributed by atoms with Gasteiger partial charge in [-0.25, -0.2) is 4.39 Å². The first-order chi connectivity index (χ1) is 16.4. The van der Waals surface area contributed by atoms with Gasteiger partial charge in [-0.05, 0) is 62.2 Å². The molecule has 178 valence electrons. The molecule has 0 saturated heterocycles. The first kappa shape index (κ1) is 23.3. The van der Waals surface area contributed by atoms with Gasteiger partial charge >= 0.3 is 0 Å². The molecule has 1 aliphatic carbocycles. The van der Waals surface area contributed by atoms with Crippen molar-refractivity contribution in [1.29, 1.82) is 0 Å². The highest BCUT2D eigenvalue weighted by molar-refractivity contribution is 6.04. The van der Waals surface area contributed by atoms with Crippen molar-refractivity contribution in [2.45, 2.75) is 44.7 Å². The van der Waals surface area contributed by atoms with Gasteiger partial charge in [0.05, 0.1) is 12.8 Å². The monoisotopic (exact) mass is 467 g/mol. The first-order valence-corrected chi connectivity index (χ1v) is 11.2. The molecule has 0 radical (unpaired) electrons. The molecule has 3 amide bonds. The summed E-state index contributed by atoms with van der Waals surface area (Å²) >= 11 is 0. The van der Waals surface area contributed by atoms with Crippen molar-refractivity contribution in [3.63, 3.8) is 0 Å². The third kappa shape index (κ3) is 5.36. The Balaban J connectivity index is 1.66. The van der Waals surface area contributed by atoms with Gasteiger partial charge in [0.15, 0.2) is 11.8 Å². The van der Waals surface area contributed by atoms with Crippen LogP contribution >= 0.6 is 0 Å². The molecule has 34 heavy (non-hydrogen) atoms. The lowest BCUT2D eigenvalue weighted by molar-refractivity contribution is -0.127. The Morgan fingerprint density at radius 3 is 2.56 bits per heavy atom. The fraction of sp³-hybridized carbons (Fsp3) is 0.320. The molecule has 1 saturated carbocycles. The number of anilines is 1. The van der Waals surface area contributed by atoms with Crippen LogP contribution in [0.4, 0.5) is 10.1 Å². The second kappa shape index (κ2) is 10.4. The molecule has 0 bridgehead atoms. The third-order valence-electron chi connectivity index (χ3n) is 5.74. The summed E-state index contributed by atoms with van der Waals surface area (Å²) in [6.07, 6.45) is 5.07. The summed E-state index contributed by atoms with van der Waals surface area (Å²) in [5, 5.41) is 5.50. The number of hydrogen-bond acceptors (Lipinski definition) is 5. The Morgan fingerprint density at radius 2 is 1.91 bits per heavy atom. The standard InChI is InChI=1S/C25H26FN3O5/c1-16-11-12-20(34-16)23(25(32)28-18-7-2-3-8-18)29(19-9-4-6-17(26)14-19)22(30)15-27-24(31)21-10-5-13-33-21/h4-6,9-14,18,23H,2-3,7-8,15H2,1H3,(H,27,31)(H,28,32). The van der Waals surface area contributed by atoms with Crippen molar-refractivity contribution in [2.75, 3.05) is 11.4 Å². The molecule has 1 unspecified atom stereocenters. The van der Waals surface area contributed by atoms with Crippen molar-refractivity contribution < 1.29 is 27.6 Å². The molecule has 1 aliphatic rings. The van der Waals surface area contributed by atoms with Crippen LogP contribution in [0, 0.1) is 12.7 Å². The maximum atomic E-state index is 14.1. The lowest BCUT2D eigenvalue weighted by Crippen LogP contribution is -2.49. The molecular weight excluding hydrogens is 441 g/mol. The lowest BCUT2D eigenvalue weighted by Gasteiger charge is -2.31. The minimum absolute atomic E-state index is 0.00539. The zero-order valence-corrected chi connectivity index (χ0v) is 18.8. The number of aryl methyl sites for hydroxylation is 1. The molecule has 4 rings (SSSR count). The van der Waals surface area contributed by atoms with E-state index in [1.54, 1.807) is 25.1 Å². The van der Waals surface area contributed by atoms with E-state index in [4.69, 9.17) is 8.83 Å². The second-order valence-corrected chi connectivity index (χ2v) is 8.24. The smallest absolute Gasteiger partial charge is 0.287 e. The molecule has 8 nitrogen and oxygen atoms in total. The number of halogens is 1. The van der Waals surface area contributed by atoms with Crippen LogP contribution in [0.25, 0.3) is 0 Å². The molecule has 2 N–H and O–H groups in total. The minimum Gasteiger partial charge on any atom is -0.464 e. The van der Waals surface area contributed by atoms with E-state index in [1.807, 2.05) is 0 Å². The minimum atomic E-state index is -1.19. The van der Waals surface area contributed by atoms with Gasteiger partial charge in [0.2, 0.25) is 5.91 Å². The molecule has 0 spiro atoms. The molecule has 1 fully saturated rings. The van der Waals surface area contributed by atoms with Crippen LogP contribution in [0.15, 0.2) is 63.6 Å². The molecule has 1 atom stereocenters. The SMILES string of the molecule is Cc1ccc(C(C(=O)NC2CCCC2)N(C(=O)CNC(=O)c2ccco2)c2cccc(F)c2)o1. The van der Waals surface area contributed by atoms with Crippen molar-refractivity contribution >= 4 is 23.4 Å². The summed E-state index contributed by atoms with van der Waals surface area (Å²) < 4.78 is 24.9. The molecule has 2 aromatic heterocycles. The highest BCUT2D eigenvalue weighted by Gasteiger charge is 2.36. The van der Waals surface area contributed by atoms with E-state index in [9.17, 15) is 18.8 Å². The predicted octanol–water partition coefficient (Wildman–Crippen LogP) is 3.88. The van der Waals surface area contributed by atoms with Crippen molar-refractivity contribution in [2.24, 2.45) is 0 Å². The van der Waals surface area contributed by atoms with E-state index in [2.05, 4.69) is 10.6 Å². The van der Waals surface area contributed by atoms with E-state index in [0.717, 1.165) is 36.6 Å². The molecular formula is C25H26FN3O5. The number of hydrogen-bond donors (Lipinski definition) is 2. The van der Waals surface area contributed by atoms with Crippen LogP contribution in [0.3, 0.4) is 0 Å². The van der Waals surface area contributed by atoms with E-state index in [0.29, 0.717) is 5.76 Å². The molecule has 2 heterocycles. The zero-order valence-electron chi connectivity index (χ0n) is 18.8. The fourth-order valence-electron chi connectivity index (χ4n) is 4.12. The van der Waals surface area contributed by atoms with Crippen LogP contribution in [0.1, 0.15) is 53.8 Å². The Kier molecular flexibility index (Phi) is 7.10. The van der Waals surface area contributed by atoms with Crippen LogP contribution in [0.2, 0.25) is 0 Å². The number of carbonyl (C=O) groups excluding carboxylic acids is 3. The predicted molar refractivity (Wildman–Crippen MR) is 122 cm³/mol. The number of amides is 3. The normalized spacial score (nSPS) is 14.5. The van der Waals surface area contributed by atoms with E-state index >= 15 is 0 Å². The van der Waals surface area contributed by atoms with Crippen LogP contribution in [-0.2, 0) is 9.59 Å². The average Bonchev–Trinajstić information content (AvgIpc) is 3.59. The van der Waals surface area contributed by atoms with Crippen molar-refractivity contribution in [3.05, 3.63) is 77.9 Å². The van der Waals surface area contributed by atoms with E-state index < -0.39 is 36.1 Å². The Hall–Kier alpha value is -3.88. The molecule has 1 aromatic carbocycles. The zero-order chi connectivity index (χ0) is 24.1. The highest BCUT2D eigenvalue weighted by Crippen LogP contribution is 2.30. The molecule has 0 aliphatic heterocycles. The van der Waals surface area contributed by atoms with Crippen LogP contribution in [0.5, 0.6) is 0 Å². The Labute approximate surface area is 196 Å². The fourth-order valence-corrected chi connectivity index (χ4v) is 4.12. The van der Waals surface area contributed by atoms with Gasteiger partial charge in [0, 0.05) is 11.7 Å². The Morgan fingerprint density at radius 1 is 1.12 bits per heavy atom. The number of nitrogens with one attached hydrogen (secondary N) is 2. The van der Waals surface area contributed by atoms with E-state index in [1.165, 1.54) is 30.5 Å². The van der Waals surface area contributed by atoms with Gasteiger partial charge in [-0.3, -0.25) is 19.3 Å². The molecule has 3 aromatic rings. The number of nitrogens with zero attached hydrogens (tertiary/aromatic N) is 1. The topological polar surface area (TPSA) is 105 Å². The van der Waals surface area contributed by atoms with Crippen LogP contribution < -0.4 is 15.5 Å². The van der Waals surface area contributed by atoms with Gasteiger partial charge in [-0.1, -0.05) is 18.9 Å². The third-order valence-corrected chi connectivity index (χ3v) is 5.74. The summed E-state index contributed by atoms with van der Waals surface area (Å²) in [7, 11) is 0. The summed E-state index contributed by atoms with van der Waals surface area (Å²) in [6.45, 7) is 1.29. The second-order valence-electron chi connectivity index (χ2n) is 8.24. The average molecular weight is 467 g/mol. The number of furan rings is 2. The van der Waals surface area contributed by atoms with Gasteiger partial charge < -0.3 is 19.5 Å². The van der Waals surface area contributed by atoms with Crippen LogP contribution in [-0.4, -0.2) is 30.3 Å². The number of benzene rings is 1. The largest absolute Gasteiger partial charge is 0.464 e. The summed E-state index contributed by atoms with van der Waals surface area (Å²) in [5.74, 6) is -1.36. The van der Waals surface area contributed by atoms with Gasteiger partial charge in [0.1, 0.15) is 17.3 Å². The quantitative estimate of drug-likeness (QED) is 0.523. The summed E-state index contributed by atoms with van der Waals surface area (Å²) in [6, 6.07) is 10.5. The Bertz CT molecular complexity index is 1150. The first-order valence-electron chi connectivity index (χ1n) is 11.2. The number of rotatable bonds is 8. The maximum Gasteiger partial charge on any atom is 0.287 e. The molecule has 9 heteroatoms. The van der Waals surface area contributed by atoms with Gasteiger partial charge in [-0.15, -0.1) is 0 Å².